The lowest BCUT2D eigenvalue weighted by Gasteiger charge is -2.27. The predicted octanol–water partition coefficient (Wildman–Crippen LogP) is 5.29. The molecule has 1 aliphatic heterocycles. The maximum absolute atomic E-state index is 13.5. The number of ether oxygens (including phenoxy) is 3. The maximum Gasteiger partial charge on any atom is 0.300 e. The van der Waals surface area contributed by atoms with Gasteiger partial charge in [-0.3, -0.25) is 14.5 Å². The van der Waals surface area contributed by atoms with Crippen molar-refractivity contribution in [2.45, 2.75) is 26.3 Å². The van der Waals surface area contributed by atoms with Gasteiger partial charge in [0, 0.05) is 5.56 Å². The average Bonchev–Trinajstić information content (AvgIpc) is 3.18. The lowest BCUT2D eigenvalue weighted by molar-refractivity contribution is -0.132. The number of benzene rings is 3. The van der Waals surface area contributed by atoms with E-state index in [4.69, 9.17) is 14.2 Å². The van der Waals surface area contributed by atoms with Gasteiger partial charge in [0.1, 0.15) is 11.5 Å². The first-order valence-corrected chi connectivity index (χ1v) is 11.8. The minimum Gasteiger partial charge on any atom is -0.507 e. The zero-order chi connectivity index (χ0) is 25.8. The van der Waals surface area contributed by atoms with E-state index >= 15 is 0 Å². The normalized spacial score (nSPS) is 16.8. The van der Waals surface area contributed by atoms with E-state index in [9.17, 15) is 14.7 Å². The third-order valence-electron chi connectivity index (χ3n) is 6.23. The van der Waals surface area contributed by atoms with Gasteiger partial charge < -0.3 is 19.3 Å². The Morgan fingerprint density at radius 2 is 1.58 bits per heavy atom. The highest BCUT2D eigenvalue weighted by atomic mass is 16.5. The first-order valence-electron chi connectivity index (χ1n) is 11.8. The number of hydrogen-bond donors (Lipinski definition) is 1. The third kappa shape index (κ3) is 4.40. The van der Waals surface area contributed by atoms with Gasteiger partial charge in [0.2, 0.25) is 0 Å². The molecule has 4 rings (SSSR count). The standard InChI is InChI=1S/C29H29NO6/c1-5-18-11-13-19(14-12-18)27(31)25-26(20-15-16-23(35-4)24(17-20)36-6-2)30(29(33)28(25)32)21-9-7-8-10-22(21)34-3/h7-17,26,31H,5-6H2,1-4H3/b27-25-. The van der Waals surface area contributed by atoms with Gasteiger partial charge in [-0.1, -0.05) is 49.4 Å². The fraction of sp³-hybridized carbons (Fsp3) is 0.241. The molecule has 7 nitrogen and oxygen atoms in total. The molecule has 0 spiro atoms. The summed E-state index contributed by atoms with van der Waals surface area (Å²) in [6, 6.07) is 18.5. The Kier molecular flexibility index (Phi) is 7.29. The summed E-state index contributed by atoms with van der Waals surface area (Å²) in [5.74, 6) is -0.371. The molecular formula is C29H29NO6. The van der Waals surface area contributed by atoms with Gasteiger partial charge in [-0.15, -0.1) is 0 Å². The number of ketones is 1. The highest BCUT2D eigenvalue weighted by molar-refractivity contribution is 6.52. The first-order chi connectivity index (χ1) is 17.4. The summed E-state index contributed by atoms with van der Waals surface area (Å²) in [7, 11) is 3.04. The molecule has 1 amide bonds. The molecule has 1 unspecified atom stereocenters. The Labute approximate surface area is 210 Å². The van der Waals surface area contributed by atoms with Crippen molar-refractivity contribution in [2.24, 2.45) is 0 Å². The zero-order valence-corrected chi connectivity index (χ0v) is 20.8. The molecular weight excluding hydrogens is 458 g/mol. The van der Waals surface area contributed by atoms with Crippen LogP contribution in [0.25, 0.3) is 5.76 Å². The van der Waals surface area contributed by atoms with Gasteiger partial charge in [-0.25, -0.2) is 0 Å². The quantitative estimate of drug-likeness (QED) is 0.264. The van der Waals surface area contributed by atoms with E-state index in [2.05, 4.69) is 0 Å². The molecule has 3 aromatic rings. The van der Waals surface area contributed by atoms with Crippen molar-refractivity contribution in [3.05, 3.63) is 89.0 Å². The van der Waals surface area contributed by atoms with Crippen LogP contribution in [0.3, 0.4) is 0 Å². The number of amides is 1. The Bertz CT molecular complexity index is 1310. The SMILES string of the molecule is CCOc1cc(C2/C(=C(/O)c3ccc(CC)cc3)C(=O)C(=O)N2c2ccccc2OC)ccc1OC. The van der Waals surface area contributed by atoms with Crippen LogP contribution in [0, 0.1) is 0 Å². The number of rotatable bonds is 8. The molecule has 0 aliphatic carbocycles. The zero-order valence-electron chi connectivity index (χ0n) is 20.8. The summed E-state index contributed by atoms with van der Waals surface area (Å²) in [6.45, 7) is 4.29. The molecule has 1 N–H and O–H groups in total. The van der Waals surface area contributed by atoms with Crippen molar-refractivity contribution in [1.82, 2.24) is 0 Å². The molecule has 3 aromatic carbocycles. The maximum atomic E-state index is 13.5. The number of hydrogen-bond acceptors (Lipinski definition) is 6. The minimum absolute atomic E-state index is 0.0113. The minimum atomic E-state index is -0.919. The monoisotopic (exact) mass is 487 g/mol. The van der Waals surface area contributed by atoms with E-state index in [1.54, 1.807) is 61.7 Å². The number of nitrogens with zero attached hydrogens (tertiary/aromatic N) is 1. The Hall–Kier alpha value is -4.26. The molecule has 0 bridgehead atoms. The molecule has 1 atom stereocenters. The van der Waals surface area contributed by atoms with E-state index < -0.39 is 17.7 Å². The van der Waals surface area contributed by atoms with E-state index in [1.165, 1.54) is 12.0 Å². The van der Waals surface area contributed by atoms with Crippen LogP contribution in [0.5, 0.6) is 17.2 Å². The van der Waals surface area contributed by atoms with Crippen molar-refractivity contribution in [3.63, 3.8) is 0 Å². The van der Waals surface area contributed by atoms with E-state index in [1.807, 2.05) is 26.0 Å². The van der Waals surface area contributed by atoms with Gasteiger partial charge in [-0.05, 0) is 48.7 Å². The number of anilines is 1. The highest BCUT2D eigenvalue weighted by Crippen LogP contribution is 2.46. The van der Waals surface area contributed by atoms with E-state index in [0.29, 0.717) is 40.7 Å². The largest absolute Gasteiger partial charge is 0.507 e. The molecule has 1 fully saturated rings. The van der Waals surface area contributed by atoms with Crippen molar-refractivity contribution < 1.29 is 28.9 Å². The lowest BCUT2D eigenvalue weighted by Crippen LogP contribution is -2.29. The van der Waals surface area contributed by atoms with Crippen molar-refractivity contribution in [1.29, 1.82) is 0 Å². The Balaban J connectivity index is 1.97. The van der Waals surface area contributed by atoms with Gasteiger partial charge in [0.05, 0.1) is 38.1 Å². The second kappa shape index (κ2) is 10.6. The predicted molar refractivity (Wildman–Crippen MR) is 138 cm³/mol. The van der Waals surface area contributed by atoms with E-state index in [0.717, 1.165) is 12.0 Å². The first kappa shape index (κ1) is 24.9. The summed E-state index contributed by atoms with van der Waals surface area (Å²) in [5.41, 5.74) is 2.53. The van der Waals surface area contributed by atoms with Gasteiger partial charge in [0.25, 0.3) is 11.7 Å². The second-order valence-electron chi connectivity index (χ2n) is 8.23. The average molecular weight is 488 g/mol. The number of aliphatic hydroxyl groups is 1. The summed E-state index contributed by atoms with van der Waals surface area (Å²) < 4.78 is 16.7. The fourth-order valence-corrected chi connectivity index (χ4v) is 4.41. The number of carbonyl (C=O) groups excluding carboxylic acids is 2. The lowest BCUT2D eigenvalue weighted by atomic mass is 9.94. The van der Waals surface area contributed by atoms with Crippen molar-refractivity contribution >= 4 is 23.1 Å². The molecule has 1 aliphatic rings. The molecule has 7 heteroatoms. The van der Waals surface area contributed by atoms with Crippen LogP contribution in [-0.2, 0) is 16.0 Å². The summed E-state index contributed by atoms with van der Waals surface area (Å²) in [6.07, 6.45) is 0.839. The molecule has 0 aromatic heterocycles. The second-order valence-corrected chi connectivity index (χ2v) is 8.23. The summed E-state index contributed by atoms with van der Waals surface area (Å²) >= 11 is 0. The van der Waals surface area contributed by atoms with Gasteiger partial charge in [0.15, 0.2) is 11.5 Å². The topological polar surface area (TPSA) is 85.3 Å². The molecule has 1 saturated heterocycles. The van der Waals surface area contributed by atoms with Crippen LogP contribution in [0.4, 0.5) is 5.69 Å². The Morgan fingerprint density at radius 1 is 0.889 bits per heavy atom. The fourth-order valence-electron chi connectivity index (χ4n) is 4.41. The molecule has 186 valence electrons. The number of Topliss-reactive ketones (excluding diaryl/α,β-unsaturated/α-hetero) is 1. The highest BCUT2D eigenvalue weighted by Gasteiger charge is 2.48. The van der Waals surface area contributed by atoms with Gasteiger partial charge >= 0.3 is 0 Å². The smallest absolute Gasteiger partial charge is 0.300 e. The van der Waals surface area contributed by atoms with Crippen LogP contribution in [0.1, 0.15) is 36.6 Å². The molecule has 36 heavy (non-hydrogen) atoms. The molecule has 1 heterocycles. The van der Waals surface area contributed by atoms with Crippen LogP contribution in [-0.4, -0.2) is 37.6 Å². The van der Waals surface area contributed by atoms with E-state index in [-0.39, 0.29) is 11.3 Å². The molecule has 0 saturated carbocycles. The number of aliphatic hydroxyl groups excluding tert-OH is 1. The third-order valence-corrected chi connectivity index (χ3v) is 6.23. The van der Waals surface area contributed by atoms with Crippen molar-refractivity contribution in [2.75, 3.05) is 25.7 Å². The summed E-state index contributed by atoms with van der Waals surface area (Å²) in [4.78, 5) is 28.3. The van der Waals surface area contributed by atoms with Crippen LogP contribution < -0.4 is 19.1 Å². The molecule has 0 radical (unpaired) electrons. The summed E-state index contributed by atoms with van der Waals surface area (Å²) in [5, 5.41) is 11.4. The van der Waals surface area contributed by atoms with Crippen LogP contribution in [0.2, 0.25) is 0 Å². The van der Waals surface area contributed by atoms with Gasteiger partial charge in [-0.2, -0.15) is 0 Å². The number of methoxy groups -OCH3 is 2. The number of aryl methyl sites for hydroxylation is 1. The number of carbonyl (C=O) groups is 2. The van der Waals surface area contributed by atoms with Crippen LogP contribution in [0.15, 0.2) is 72.3 Å². The number of para-hydroxylation sites is 2. The van der Waals surface area contributed by atoms with Crippen LogP contribution >= 0.6 is 0 Å². The van der Waals surface area contributed by atoms with Crippen molar-refractivity contribution in [3.8, 4) is 17.2 Å². The Morgan fingerprint density at radius 3 is 2.22 bits per heavy atom.